The summed E-state index contributed by atoms with van der Waals surface area (Å²) in [5.41, 5.74) is 0.855. The van der Waals surface area contributed by atoms with E-state index < -0.39 is 16.0 Å². The van der Waals surface area contributed by atoms with Gasteiger partial charge in [-0.25, -0.2) is 13.2 Å². The van der Waals surface area contributed by atoms with Gasteiger partial charge in [-0.1, -0.05) is 12.1 Å². The van der Waals surface area contributed by atoms with Crippen LogP contribution in [-0.2, 0) is 14.8 Å². The fourth-order valence-electron chi connectivity index (χ4n) is 3.06. The van der Waals surface area contributed by atoms with Gasteiger partial charge in [0.1, 0.15) is 0 Å². The summed E-state index contributed by atoms with van der Waals surface area (Å²) in [5, 5.41) is 0. The van der Waals surface area contributed by atoms with Crippen LogP contribution in [0.5, 0.6) is 0 Å². The molecule has 1 aliphatic heterocycles. The van der Waals surface area contributed by atoms with Crippen molar-refractivity contribution in [2.24, 2.45) is 0 Å². The molecular formula is C20H21BrN2O5S. The van der Waals surface area contributed by atoms with Crippen molar-refractivity contribution >= 4 is 37.8 Å². The summed E-state index contributed by atoms with van der Waals surface area (Å²) >= 11 is 3.38. The number of carbonyl (C=O) groups is 2. The molecule has 1 saturated heterocycles. The molecule has 1 fully saturated rings. The van der Waals surface area contributed by atoms with Gasteiger partial charge in [0.2, 0.25) is 10.0 Å². The number of piperazine rings is 1. The first-order chi connectivity index (χ1) is 13.8. The monoisotopic (exact) mass is 480 g/mol. The molecular weight excluding hydrogens is 460 g/mol. The molecule has 0 unspecified atom stereocenters. The average Bonchev–Trinajstić information content (AvgIpc) is 2.74. The number of sulfonamides is 1. The number of nitrogens with zero attached hydrogens (tertiary/aromatic N) is 2. The van der Waals surface area contributed by atoms with E-state index in [0.717, 1.165) is 0 Å². The predicted molar refractivity (Wildman–Crippen MR) is 111 cm³/mol. The summed E-state index contributed by atoms with van der Waals surface area (Å²) in [6, 6.07) is 12.8. The average molecular weight is 481 g/mol. The summed E-state index contributed by atoms with van der Waals surface area (Å²) in [5.74, 6) is -0.621. The maximum atomic E-state index is 12.9. The summed E-state index contributed by atoms with van der Waals surface area (Å²) in [6.45, 7) is 2.98. The van der Waals surface area contributed by atoms with Crippen LogP contribution in [0.25, 0.3) is 0 Å². The molecule has 9 heteroatoms. The van der Waals surface area contributed by atoms with Crippen molar-refractivity contribution in [3.63, 3.8) is 0 Å². The third-order valence-electron chi connectivity index (χ3n) is 4.63. The Kier molecular flexibility index (Phi) is 6.71. The normalized spacial score (nSPS) is 15.2. The lowest BCUT2D eigenvalue weighted by Crippen LogP contribution is -2.50. The molecule has 0 bridgehead atoms. The number of esters is 1. The van der Waals surface area contributed by atoms with Crippen molar-refractivity contribution in [2.75, 3.05) is 32.8 Å². The third-order valence-corrected chi connectivity index (χ3v) is 7.24. The molecule has 1 aliphatic rings. The van der Waals surface area contributed by atoms with Crippen LogP contribution in [0.4, 0.5) is 0 Å². The standard InChI is InChI=1S/C20H21BrN2O5S/c1-2-28-20(25)15-7-9-16(10-8-15)29(26,27)23-13-11-22(12-14-23)19(24)17-5-3-4-6-18(17)21/h3-10H,2,11-14H2,1H3. The van der Waals surface area contributed by atoms with Crippen LogP contribution in [0.1, 0.15) is 27.6 Å². The van der Waals surface area contributed by atoms with Crippen LogP contribution < -0.4 is 0 Å². The molecule has 0 N–H and O–H groups in total. The zero-order valence-corrected chi connectivity index (χ0v) is 18.3. The lowest BCUT2D eigenvalue weighted by Gasteiger charge is -2.34. The molecule has 0 atom stereocenters. The minimum atomic E-state index is -3.70. The number of hydrogen-bond donors (Lipinski definition) is 0. The molecule has 3 rings (SSSR count). The Balaban J connectivity index is 1.67. The highest BCUT2D eigenvalue weighted by Gasteiger charge is 2.31. The third kappa shape index (κ3) is 4.68. The fourth-order valence-corrected chi connectivity index (χ4v) is 4.94. The Morgan fingerprint density at radius 3 is 2.21 bits per heavy atom. The SMILES string of the molecule is CCOC(=O)c1ccc(S(=O)(=O)N2CCN(C(=O)c3ccccc3Br)CC2)cc1. The summed E-state index contributed by atoms with van der Waals surface area (Å²) in [4.78, 5) is 26.2. The first-order valence-electron chi connectivity index (χ1n) is 9.15. The summed E-state index contributed by atoms with van der Waals surface area (Å²) in [6.07, 6.45) is 0. The van der Waals surface area contributed by atoms with Crippen molar-refractivity contribution in [1.82, 2.24) is 9.21 Å². The van der Waals surface area contributed by atoms with Crippen LogP contribution >= 0.6 is 15.9 Å². The van der Waals surface area contributed by atoms with Gasteiger partial charge in [-0.05, 0) is 59.3 Å². The molecule has 0 radical (unpaired) electrons. The maximum Gasteiger partial charge on any atom is 0.338 e. The lowest BCUT2D eigenvalue weighted by molar-refractivity contribution is 0.0526. The molecule has 0 saturated carbocycles. The van der Waals surface area contributed by atoms with E-state index in [4.69, 9.17) is 4.74 Å². The van der Waals surface area contributed by atoms with Crippen LogP contribution in [0, 0.1) is 0 Å². The van der Waals surface area contributed by atoms with Crippen molar-refractivity contribution in [3.8, 4) is 0 Å². The molecule has 7 nitrogen and oxygen atoms in total. The first kappa shape index (κ1) is 21.5. The number of ether oxygens (including phenoxy) is 1. The number of carbonyl (C=O) groups excluding carboxylic acids is 2. The Hall–Kier alpha value is -2.23. The zero-order valence-electron chi connectivity index (χ0n) is 15.9. The quantitative estimate of drug-likeness (QED) is 0.614. The van der Waals surface area contributed by atoms with E-state index in [1.165, 1.54) is 28.6 Å². The smallest absolute Gasteiger partial charge is 0.338 e. The molecule has 1 amide bonds. The highest BCUT2D eigenvalue weighted by Crippen LogP contribution is 2.22. The number of rotatable bonds is 5. The molecule has 154 valence electrons. The topological polar surface area (TPSA) is 84.0 Å². The van der Waals surface area contributed by atoms with E-state index in [0.29, 0.717) is 28.7 Å². The second-order valence-corrected chi connectivity index (χ2v) is 9.21. The molecule has 0 aromatic heterocycles. The van der Waals surface area contributed by atoms with Gasteiger partial charge in [-0.15, -0.1) is 0 Å². The van der Waals surface area contributed by atoms with Crippen molar-refractivity contribution in [2.45, 2.75) is 11.8 Å². The number of amides is 1. The second-order valence-electron chi connectivity index (χ2n) is 6.42. The predicted octanol–water partition coefficient (Wildman–Crippen LogP) is 2.77. The minimum Gasteiger partial charge on any atom is -0.462 e. The van der Waals surface area contributed by atoms with E-state index in [9.17, 15) is 18.0 Å². The molecule has 0 aliphatic carbocycles. The largest absolute Gasteiger partial charge is 0.462 e. The Labute approximate surface area is 178 Å². The molecule has 0 spiro atoms. The van der Waals surface area contributed by atoms with Crippen molar-refractivity contribution in [3.05, 3.63) is 64.1 Å². The van der Waals surface area contributed by atoms with Gasteiger partial charge in [0.15, 0.2) is 0 Å². The maximum absolute atomic E-state index is 12.9. The van der Waals surface area contributed by atoms with Crippen LogP contribution in [0.3, 0.4) is 0 Å². The number of halogens is 1. The Morgan fingerprint density at radius 1 is 1.00 bits per heavy atom. The van der Waals surface area contributed by atoms with Gasteiger partial charge in [0.05, 0.1) is 22.6 Å². The zero-order chi connectivity index (χ0) is 21.0. The van der Waals surface area contributed by atoms with Gasteiger partial charge in [-0.2, -0.15) is 4.31 Å². The highest BCUT2D eigenvalue weighted by molar-refractivity contribution is 9.10. The summed E-state index contributed by atoms with van der Waals surface area (Å²) < 4.78 is 32.8. The first-order valence-corrected chi connectivity index (χ1v) is 11.4. The molecule has 2 aromatic carbocycles. The van der Waals surface area contributed by atoms with E-state index in [1.807, 2.05) is 6.07 Å². The van der Waals surface area contributed by atoms with Gasteiger partial charge in [0, 0.05) is 30.7 Å². The van der Waals surface area contributed by atoms with E-state index >= 15 is 0 Å². The van der Waals surface area contributed by atoms with Gasteiger partial charge >= 0.3 is 5.97 Å². The lowest BCUT2D eigenvalue weighted by atomic mass is 10.2. The molecule has 2 aromatic rings. The van der Waals surface area contributed by atoms with Gasteiger partial charge < -0.3 is 9.64 Å². The minimum absolute atomic E-state index is 0.108. The van der Waals surface area contributed by atoms with E-state index in [1.54, 1.807) is 30.0 Å². The second kappa shape index (κ2) is 9.06. The van der Waals surface area contributed by atoms with Crippen molar-refractivity contribution in [1.29, 1.82) is 0 Å². The fraction of sp³-hybridized carbons (Fsp3) is 0.300. The van der Waals surface area contributed by atoms with Crippen LogP contribution in [-0.4, -0.2) is 62.3 Å². The Bertz CT molecular complexity index is 1000. The van der Waals surface area contributed by atoms with Gasteiger partial charge in [0.25, 0.3) is 5.91 Å². The van der Waals surface area contributed by atoms with E-state index in [2.05, 4.69) is 15.9 Å². The molecule has 29 heavy (non-hydrogen) atoms. The van der Waals surface area contributed by atoms with Gasteiger partial charge in [-0.3, -0.25) is 4.79 Å². The summed E-state index contributed by atoms with van der Waals surface area (Å²) in [7, 11) is -3.70. The highest BCUT2D eigenvalue weighted by atomic mass is 79.9. The van der Waals surface area contributed by atoms with Crippen molar-refractivity contribution < 1.29 is 22.7 Å². The molecule has 1 heterocycles. The van der Waals surface area contributed by atoms with Crippen LogP contribution in [0.2, 0.25) is 0 Å². The number of hydrogen-bond acceptors (Lipinski definition) is 5. The van der Waals surface area contributed by atoms with Crippen LogP contribution in [0.15, 0.2) is 57.9 Å². The Morgan fingerprint density at radius 2 is 1.62 bits per heavy atom. The number of benzene rings is 2. The van der Waals surface area contributed by atoms with E-state index in [-0.39, 0.29) is 30.5 Å².